The summed E-state index contributed by atoms with van der Waals surface area (Å²) in [7, 11) is 3.19. The fourth-order valence-electron chi connectivity index (χ4n) is 3.24. The van der Waals surface area contributed by atoms with Crippen molar-refractivity contribution in [3.63, 3.8) is 0 Å². The van der Waals surface area contributed by atoms with Gasteiger partial charge in [0, 0.05) is 32.2 Å². The maximum Gasteiger partial charge on any atom is 0.321 e. The molecule has 2 aromatic rings. The molecule has 0 atom stereocenters. The number of nitrogens with one attached hydrogen (secondary N) is 1. The number of rotatable bonds is 5. The van der Waals surface area contributed by atoms with Crippen LogP contribution >= 0.6 is 0 Å². The summed E-state index contributed by atoms with van der Waals surface area (Å²) in [6.07, 6.45) is 2.33. The summed E-state index contributed by atoms with van der Waals surface area (Å²) < 4.78 is 18.7. The van der Waals surface area contributed by atoms with Crippen molar-refractivity contribution in [3.05, 3.63) is 53.8 Å². The predicted molar refractivity (Wildman–Crippen MR) is 106 cm³/mol. The van der Waals surface area contributed by atoms with Crippen LogP contribution in [0.25, 0.3) is 0 Å². The molecule has 0 spiro atoms. The van der Waals surface area contributed by atoms with Gasteiger partial charge < -0.3 is 19.9 Å². The molecule has 1 aliphatic heterocycles. The number of halogens is 1. The molecule has 3 amide bonds. The molecule has 0 saturated carbocycles. The van der Waals surface area contributed by atoms with Crippen LogP contribution in [0.15, 0.2) is 42.5 Å². The average molecular weight is 385 g/mol. The lowest BCUT2D eigenvalue weighted by Gasteiger charge is -2.28. The minimum atomic E-state index is -0.336. The van der Waals surface area contributed by atoms with Crippen LogP contribution in [-0.4, -0.2) is 37.5 Å². The lowest BCUT2D eigenvalue weighted by Crippen LogP contribution is -2.35. The molecule has 2 aromatic carbocycles. The summed E-state index contributed by atoms with van der Waals surface area (Å²) in [5, 5.41) is 2.82. The molecule has 1 N–H and O–H groups in total. The molecule has 3 rings (SSSR count). The second-order valence-corrected chi connectivity index (χ2v) is 6.81. The first kappa shape index (κ1) is 19.7. The van der Waals surface area contributed by atoms with Gasteiger partial charge in [0.15, 0.2) is 0 Å². The lowest BCUT2D eigenvalue weighted by molar-refractivity contribution is -0.119. The zero-order chi connectivity index (χ0) is 20.1. The minimum Gasteiger partial charge on any atom is -0.495 e. The third kappa shape index (κ3) is 4.60. The Kier molecular flexibility index (Phi) is 6.13. The number of nitrogens with zero attached hydrogens (tertiary/aromatic N) is 2. The molecule has 7 heteroatoms. The van der Waals surface area contributed by atoms with Crippen LogP contribution in [0.1, 0.15) is 24.8 Å². The number of benzene rings is 2. The van der Waals surface area contributed by atoms with Gasteiger partial charge in [-0.25, -0.2) is 9.18 Å². The highest BCUT2D eigenvalue weighted by molar-refractivity contribution is 5.97. The molecule has 0 bridgehead atoms. The van der Waals surface area contributed by atoms with Crippen molar-refractivity contribution in [1.29, 1.82) is 0 Å². The van der Waals surface area contributed by atoms with Gasteiger partial charge in [-0.05, 0) is 48.7 Å². The normalized spacial score (nSPS) is 14.0. The first-order valence-corrected chi connectivity index (χ1v) is 9.23. The zero-order valence-corrected chi connectivity index (χ0v) is 16.1. The van der Waals surface area contributed by atoms with Crippen LogP contribution in [-0.2, 0) is 11.3 Å². The highest BCUT2D eigenvalue weighted by Crippen LogP contribution is 2.33. The van der Waals surface area contributed by atoms with E-state index in [9.17, 15) is 14.0 Å². The Morgan fingerprint density at radius 3 is 2.79 bits per heavy atom. The molecule has 0 radical (unpaired) electrons. The van der Waals surface area contributed by atoms with Crippen LogP contribution in [0.2, 0.25) is 0 Å². The van der Waals surface area contributed by atoms with E-state index >= 15 is 0 Å². The fraction of sp³-hybridized carbons (Fsp3) is 0.333. The number of ether oxygens (including phenoxy) is 1. The van der Waals surface area contributed by atoms with Gasteiger partial charge in [0.2, 0.25) is 5.91 Å². The molecule has 1 heterocycles. The smallest absolute Gasteiger partial charge is 0.321 e. The van der Waals surface area contributed by atoms with Gasteiger partial charge in [-0.1, -0.05) is 12.1 Å². The summed E-state index contributed by atoms with van der Waals surface area (Å²) >= 11 is 0. The number of hydrogen-bond donors (Lipinski definition) is 1. The van der Waals surface area contributed by atoms with Gasteiger partial charge in [-0.15, -0.1) is 0 Å². The van der Waals surface area contributed by atoms with Gasteiger partial charge in [0.05, 0.1) is 12.8 Å². The Hall–Kier alpha value is -3.09. The minimum absolute atomic E-state index is 0.0521. The first-order valence-electron chi connectivity index (χ1n) is 9.23. The van der Waals surface area contributed by atoms with E-state index in [1.807, 2.05) is 0 Å². The van der Waals surface area contributed by atoms with Gasteiger partial charge in [-0.3, -0.25) is 4.79 Å². The molecule has 1 fully saturated rings. The molecule has 1 saturated heterocycles. The largest absolute Gasteiger partial charge is 0.495 e. The van der Waals surface area contributed by atoms with Gasteiger partial charge in [0.25, 0.3) is 0 Å². The Morgan fingerprint density at radius 2 is 2.07 bits per heavy atom. The van der Waals surface area contributed by atoms with Crippen LogP contribution < -0.4 is 15.0 Å². The second-order valence-electron chi connectivity index (χ2n) is 6.81. The average Bonchev–Trinajstić information content (AvgIpc) is 2.68. The second kappa shape index (κ2) is 8.73. The first-order chi connectivity index (χ1) is 13.5. The standard InChI is InChI=1S/C21H24FN3O3/c1-24(14-15-6-5-7-16(22)12-15)21(27)23-17-9-10-19(28-2)18(13-17)25-11-4-3-8-20(25)26/h5-7,9-10,12-13H,3-4,8,11,14H2,1-2H3,(H,23,27). The van der Waals surface area contributed by atoms with Crippen molar-refractivity contribution >= 4 is 23.3 Å². The number of carbonyl (C=O) groups excluding carboxylic acids is 2. The quantitative estimate of drug-likeness (QED) is 0.846. The topological polar surface area (TPSA) is 61.9 Å². The maximum absolute atomic E-state index is 13.3. The highest BCUT2D eigenvalue weighted by Gasteiger charge is 2.23. The van der Waals surface area contributed by atoms with E-state index in [1.165, 1.54) is 17.0 Å². The van der Waals surface area contributed by atoms with Crippen molar-refractivity contribution < 1.29 is 18.7 Å². The Bertz CT molecular complexity index is 872. The fourth-order valence-corrected chi connectivity index (χ4v) is 3.24. The van der Waals surface area contributed by atoms with E-state index < -0.39 is 0 Å². The molecule has 1 aliphatic rings. The number of carbonyl (C=O) groups is 2. The summed E-state index contributed by atoms with van der Waals surface area (Å²) in [5.41, 5.74) is 1.91. The summed E-state index contributed by atoms with van der Waals surface area (Å²) in [6.45, 7) is 0.906. The summed E-state index contributed by atoms with van der Waals surface area (Å²) in [5.74, 6) is 0.301. The molecular formula is C21H24FN3O3. The van der Waals surface area contributed by atoms with Gasteiger partial charge >= 0.3 is 6.03 Å². The van der Waals surface area contributed by atoms with Gasteiger partial charge in [-0.2, -0.15) is 0 Å². The monoisotopic (exact) mass is 385 g/mol. The van der Waals surface area contributed by atoms with E-state index in [0.717, 1.165) is 12.8 Å². The van der Waals surface area contributed by atoms with E-state index in [-0.39, 0.29) is 24.3 Å². The number of piperidine rings is 1. The number of urea groups is 1. The molecule has 0 unspecified atom stereocenters. The lowest BCUT2D eigenvalue weighted by atomic mass is 10.1. The molecule has 0 aromatic heterocycles. The van der Waals surface area contributed by atoms with Crippen molar-refractivity contribution in [3.8, 4) is 5.75 Å². The summed E-state index contributed by atoms with van der Waals surface area (Å²) in [4.78, 5) is 28.0. The van der Waals surface area contributed by atoms with Crippen LogP contribution in [0, 0.1) is 5.82 Å². The Labute approximate surface area is 163 Å². The third-order valence-electron chi connectivity index (χ3n) is 4.70. The van der Waals surface area contributed by atoms with Crippen molar-refractivity contribution in [2.45, 2.75) is 25.8 Å². The maximum atomic E-state index is 13.3. The SMILES string of the molecule is COc1ccc(NC(=O)N(C)Cc2cccc(F)c2)cc1N1CCCCC1=O. The number of amides is 3. The van der Waals surface area contributed by atoms with Crippen LogP contribution in [0.3, 0.4) is 0 Å². The Balaban J connectivity index is 1.73. The van der Waals surface area contributed by atoms with Crippen LogP contribution in [0.4, 0.5) is 20.6 Å². The van der Waals surface area contributed by atoms with E-state index in [4.69, 9.17) is 4.74 Å². The van der Waals surface area contributed by atoms with Crippen LogP contribution in [0.5, 0.6) is 5.75 Å². The summed E-state index contributed by atoms with van der Waals surface area (Å²) in [6, 6.07) is 11.0. The number of anilines is 2. The zero-order valence-electron chi connectivity index (χ0n) is 16.1. The van der Waals surface area contributed by atoms with E-state index in [1.54, 1.807) is 49.4 Å². The predicted octanol–water partition coefficient (Wildman–Crippen LogP) is 4.02. The van der Waals surface area contributed by atoms with E-state index in [2.05, 4.69) is 5.32 Å². The molecule has 6 nitrogen and oxygen atoms in total. The molecular weight excluding hydrogens is 361 g/mol. The molecule has 148 valence electrons. The number of hydrogen-bond acceptors (Lipinski definition) is 3. The van der Waals surface area contributed by atoms with Gasteiger partial charge in [0.1, 0.15) is 11.6 Å². The van der Waals surface area contributed by atoms with Crippen molar-refractivity contribution in [1.82, 2.24) is 4.90 Å². The molecule has 0 aliphatic carbocycles. The molecule has 28 heavy (non-hydrogen) atoms. The van der Waals surface area contributed by atoms with Crippen molar-refractivity contribution in [2.24, 2.45) is 0 Å². The van der Waals surface area contributed by atoms with E-state index in [0.29, 0.717) is 35.7 Å². The highest BCUT2D eigenvalue weighted by atomic mass is 19.1. The Morgan fingerprint density at radius 1 is 1.25 bits per heavy atom. The third-order valence-corrected chi connectivity index (χ3v) is 4.70. The number of methoxy groups -OCH3 is 1. The van der Waals surface area contributed by atoms with Crippen molar-refractivity contribution in [2.75, 3.05) is 30.9 Å².